The van der Waals surface area contributed by atoms with Crippen LogP contribution in [0.25, 0.3) is 0 Å². The number of rotatable bonds is 3. The molecule has 2 unspecified atom stereocenters. The molecule has 2 atom stereocenters. The second-order valence-electron chi connectivity index (χ2n) is 4.32. The minimum Gasteiger partial charge on any atom is -0.391 e. The van der Waals surface area contributed by atoms with Crippen molar-refractivity contribution in [2.75, 3.05) is 33.4 Å². The Hall–Kier alpha value is -0.650. The van der Waals surface area contributed by atoms with E-state index in [4.69, 9.17) is 9.47 Å². The fraction of sp³-hybridized carbons (Fsp3) is 0.900. The highest BCUT2D eigenvalue weighted by molar-refractivity contribution is 5.79. The van der Waals surface area contributed by atoms with Crippen LogP contribution in [0.15, 0.2) is 0 Å². The molecule has 0 saturated carbocycles. The van der Waals surface area contributed by atoms with Crippen LogP contribution in [-0.4, -0.2) is 61.0 Å². The highest BCUT2D eigenvalue weighted by Crippen LogP contribution is 2.25. The molecule has 1 N–H and O–H groups in total. The van der Waals surface area contributed by atoms with Crippen molar-refractivity contribution in [3.05, 3.63) is 0 Å². The van der Waals surface area contributed by atoms with E-state index in [0.717, 1.165) is 6.42 Å². The molecule has 5 nitrogen and oxygen atoms in total. The molecule has 0 aliphatic carbocycles. The molecule has 5 heteroatoms. The first kappa shape index (κ1) is 10.9. The molecule has 0 aromatic rings. The van der Waals surface area contributed by atoms with Crippen LogP contribution < -0.4 is 0 Å². The summed E-state index contributed by atoms with van der Waals surface area (Å²) in [6.07, 6.45) is 0.526. The molecule has 2 aliphatic heterocycles. The first-order valence-electron chi connectivity index (χ1n) is 5.24. The fourth-order valence-electron chi connectivity index (χ4n) is 2.19. The maximum atomic E-state index is 11.5. The Bertz CT molecular complexity index is 250. The first-order valence-corrected chi connectivity index (χ1v) is 5.24. The topological polar surface area (TPSA) is 59.0 Å². The molecule has 86 valence electrons. The largest absolute Gasteiger partial charge is 0.391 e. The molecule has 0 aromatic heterocycles. The van der Waals surface area contributed by atoms with Crippen molar-refractivity contribution in [1.82, 2.24) is 4.90 Å². The van der Waals surface area contributed by atoms with Crippen molar-refractivity contribution in [3.8, 4) is 0 Å². The van der Waals surface area contributed by atoms with Crippen LogP contribution in [-0.2, 0) is 14.3 Å². The van der Waals surface area contributed by atoms with Gasteiger partial charge < -0.3 is 19.5 Å². The van der Waals surface area contributed by atoms with E-state index in [1.54, 1.807) is 12.0 Å². The van der Waals surface area contributed by atoms with Crippen molar-refractivity contribution < 1.29 is 19.4 Å². The Morgan fingerprint density at radius 1 is 1.73 bits per heavy atom. The van der Waals surface area contributed by atoms with Gasteiger partial charge in [0.25, 0.3) is 0 Å². The van der Waals surface area contributed by atoms with Gasteiger partial charge >= 0.3 is 0 Å². The van der Waals surface area contributed by atoms with E-state index >= 15 is 0 Å². The standard InChI is InChI=1S/C10H17NO4/c1-14-10(2-3-15-7-10)6-11-5-8(12)4-9(11)13/h8,12H,2-7H2,1H3. The van der Waals surface area contributed by atoms with Crippen LogP contribution in [0.5, 0.6) is 0 Å². The van der Waals surface area contributed by atoms with Crippen LogP contribution in [0.4, 0.5) is 0 Å². The summed E-state index contributed by atoms with van der Waals surface area (Å²) >= 11 is 0. The summed E-state index contributed by atoms with van der Waals surface area (Å²) in [4.78, 5) is 13.2. The van der Waals surface area contributed by atoms with E-state index in [9.17, 15) is 9.90 Å². The molecule has 0 radical (unpaired) electrons. The maximum absolute atomic E-state index is 11.5. The van der Waals surface area contributed by atoms with Crippen LogP contribution >= 0.6 is 0 Å². The number of nitrogens with zero attached hydrogens (tertiary/aromatic N) is 1. The minimum absolute atomic E-state index is 0.00539. The second-order valence-corrected chi connectivity index (χ2v) is 4.32. The van der Waals surface area contributed by atoms with Crippen LogP contribution in [0.1, 0.15) is 12.8 Å². The summed E-state index contributed by atoms with van der Waals surface area (Å²) in [6.45, 7) is 2.16. The van der Waals surface area contributed by atoms with Gasteiger partial charge in [-0.05, 0) is 0 Å². The molecule has 2 rings (SSSR count). The minimum atomic E-state index is -0.520. The average Bonchev–Trinajstić information content (AvgIpc) is 2.76. The van der Waals surface area contributed by atoms with E-state index in [-0.39, 0.29) is 17.9 Å². The van der Waals surface area contributed by atoms with E-state index < -0.39 is 6.10 Å². The molecule has 0 spiro atoms. The molecule has 0 aromatic carbocycles. The van der Waals surface area contributed by atoms with Crippen molar-refractivity contribution in [1.29, 1.82) is 0 Å². The quantitative estimate of drug-likeness (QED) is 0.682. The molecule has 0 bridgehead atoms. The van der Waals surface area contributed by atoms with Gasteiger partial charge in [0, 0.05) is 26.7 Å². The second kappa shape index (κ2) is 4.08. The van der Waals surface area contributed by atoms with E-state index in [0.29, 0.717) is 26.3 Å². The van der Waals surface area contributed by atoms with Gasteiger partial charge in [0.1, 0.15) is 5.60 Å². The summed E-state index contributed by atoms with van der Waals surface area (Å²) in [6, 6.07) is 0. The van der Waals surface area contributed by atoms with Gasteiger partial charge in [0.15, 0.2) is 0 Å². The third-order valence-electron chi connectivity index (χ3n) is 3.17. The van der Waals surface area contributed by atoms with E-state index in [2.05, 4.69) is 0 Å². The van der Waals surface area contributed by atoms with Gasteiger partial charge in [-0.15, -0.1) is 0 Å². The Balaban J connectivity index is 1.98. The van der Waals surface area contributed by atoms with E-state index in [1.807, 2.05) is 0 Å². The predicted molar refractivity (Wildman–Crippen MR) is 52.4 cm³/mol. The summed E-state index contributed by atoms with van der Waals surface area (Å²) in [5, 5.41) is 9.37. The molecular formula is C10H17NO4. The zero-order valence-electron chi connectivity index (χ0n) is 8.94. The molecule has 2 aliphatic rings. The van der Waals surface area contributed by atoms with Crippen molar-refractivity contribution in [2.24, 2.45) is 0 Å². The van der Waals surface area contributed by atoms with Crippen molar-refractivity contribution in [3.63, 3.8) is 0 Å². The number of aliphatic hydroxyl groups is 1. The third kappa shape index (κ3) is 2.14. The molecular weight excluding hydrogens is 198 g/mol. The van der Waals surface area contributed by atoms with Crippen LogP contribution in [0, 0.1) is 0 Å². The number of methoxy groups -OCH3 is 1. The smallest absolute Gasteiger partial charge is 0.225 e. The number of carbonyl (C=O) groups excluding carboxylic acids is 1. The van der Waals surface area contributed by atoms with Crippen LogP contribution in [0.3, 0.4) is 0 Å². The van der Waals surface area contributed by atoms with Crippen molar-refractivity contribution in [2.45, 2.75) is 24.5 Å². The number of hydrogen-bond donors (Lipinski definition) is 1. The molecule has 2 fully saturated rings. The van der Waals surface area contributed by atoms with Crippen molar-refractivity contribution >= 4 is 5.91 Å². The average molecular weight is 215 g/mol. The highest BCUT2D eigenvalue weighted by Gasteiger charge is 2.40. The highest BCUT2D eigenvalue weighted by atomic mass is 16.5. The number of hydrogen-bond acceptors (Lipinski definition) is 4. The van der Waals surface area contributed by atoms with Gasteiger partial charge in [-0.25, -0.2) is 0 Å². The fourth-order valence-corrected chi connectivity index (χ4v) is 2.19. The molecule has 1 amide bonds. The lowest BCUT2D eigenvalue weighted by Gasteiger charge is -2.30. The first-order chi connectivity index (χ1) is 7.15. The van der Waals surface area contributed by atoms with Crippen LogP contribution in [0.2, 0.25) is 0 Å². The molecule has 2 saturated heterocycles. The number of aliphatic hydroxyl groups excluding tert-OH is 1. The maximum Gasteiger partial charge on any atom is 0.225 e. The summed E-state index contributed by atoms with van der Waals surface area (Å²) in [5.74, 6) is 0.00539. The van der Waals surface area contributed by atoms with Gasteiger partial charge in [-0.2, -0.15) is 0 Å². The normalized spacial score (nSPS) is 36.5. The molecule has 15 heavy (non-hydrogen) atoms. The summed E-state index contributed by atoms with van der Waals surface area (Å²) < 4.78 is 10.7. The Morgan fingerprint density at radius 2 is 2.53 bits per heavy atom. The number of β-amino-alcohol motifs (C(OH)–C–C–N with tert-alkyl or cyclic N) is 1. The monoisotopic (exact) mass is 215 g/mol. The SMILES string of the molecule is COC1(CN2CC(O)CC2=O)CCOC1. The predicted octanol–water partition coefficient (Wildman–Crippen LogP) is -0.615. The summed E-state index contributed by atoms with van der Waals surface area (Å²) in [7, 11) is 1.64. The Kier molecular flexibility index (Phi) is 2.95. The van der Waals surface area contributed by atoms with E-state index in [1.165, 1.54) is 0 Å². The lowest BCUT2D eigenvalue weighted by atomic mass is 10.0. The zero-order chi connectivity index (χ0) is 10.9. The number of likely N-dealkylation sites (tertiary alicyclic amines) is 1. The van der Waals surface area contributed by atoms with Gasteiger partial charge in [0.05, 0.1) is 25.7 Å². The molecule has 2 heterocycles. The zero-order valence-corrected chi connectivity index (χ0v) is 8.94. The number of ether oxygens (including phenoxy) is 2. The van der Waals surface area contributed by atoms with Gasteiger partial charge in [-0.3, -0.25) is 4.79 Å². The Labute approximate surface area is 89.0 Å². The Morgan fingerprint density at radius 3 is 3.00 bits per heavy atom. The lowest BCUT2D eigenvalue weighted by Crippen LogP contribution is -2.46. The lowest BCUT2D eigenvalue weighted by molar-refractivity contribution is -0.132. The number of carbonyl (C=O) groups is 1. The number of amides is 1. The summed E-state index contributed by atoms with van der Waals surface area (Å²) in [5.41, 5.74) is -0.361. The third-order valence-corrected chi connectivity index (χ3v) is 3.17. The van der Waals surface area contributed by atoms with Gasteiger partial charge in [-0.1, -0.05) is 0 Å². The van der Waals surface area contributed by atoms with Gasteiger partial charge in [0.2, 0.25) is 5.91 Å².